The van der Waals surface area contributed by atoms with Gasteiger partial charge in [-0.2, -0.15) is 0 Å². The Bertz CT molecular complexity index is 456. The Morgan fingerprint density at radius 1 is 1.32 bits per heavy atom. The molecule has 0 unspecified atom stereocenters. The van der Waals surface area contributed by atoms with E-state index in [-0.39, 0.29) is 17.4 Å². The Balaban J connectivity index is 2.85. The summed E-state index contributed by atoms with van der Waals surface area (Å²) in [5.41, 5.74) is 6.73. The molecular formula is C14H20N2O3. The molecule has 2 atom stereocenters. The van der Waals surface area contributed by atoms with Crippen LogP contribution in [0.5, 0.6) is 0 Å². The molecule has 0 saturated heterocycles. The van der Waals surface area contributed by atoms with Crippen molar-refractivity contribution in [2.75, 3.05) is 11.9 Å². The van der Waals surface area contributed by atoms with Crippen molar-refractivity contribution in [1.82, 2.24) is 0 Å². The molecule has 104 valence electrons. The normalized spacial score (nSPS) is 13.7. The minimum Gasteiger partial charge on any atom is -0.478 e. The van der Waals surface area contributed by atoms with Crippen LogP contribution in [0.15, 0.2) is 24.3 Å². The zero-order chi connectivity index (χ0) is 14.6. The van der Waals surface area contributed by atoms with Gasteiger partial charge in [0.05, 0.1) is 11.6 Å². The molecule has 1 aromatic carbocycles. The van der Waals surface area contributed by atoms with Crippen molar-refractivity contribution in [3.8, 4) is 0 Å². The number of anilines is 1. The number of hydrogen-bond donors (Lipinski definition) is 2. The van der Waals surface area contributed by atoms with Crippen LogP contribution in [0.3, 0.4) is 0 Å². The van der Waals surface area contributed by atoms with Crippen molar-refractivity contribution in [2.24, 2.45) is 11.7 Å². The van der Waals surface area contributed by atoms with E-state index in [1.807, 2.05) is 13.8 Å². The quantitative estimate of drug-likeness (QED) is 0.848. The number of carboxylic acid groups (broad SMARTS) is 1. The van der Waals surface area contributed by atoms with Gasteiger partial charge in [-0.1, -0.05) is 20.3 Å². The molecule has 0 aromatic heterocycles. The van der Waals surface area contributed by atoms with Crippen LogP contribution in [0.2, 0.25) is 0 Å². The van der Waals surface area contributed by atoms with Gasteiger partial charge in [0, 0.05) is 12.7 Å². The van der Waals surface area contributed by atoms with Crippen molar-refractivity contribution < 1.29 is 14.7 Å². The lowest BCUT2D eigenvalue weighted by atomic mass is 9.99. The maximum atomic E-state index is 12.1. The highest BCUT2D eigenvalue weighted by Crippen LogP contribution is 2.17. The van der Waals surface area contributed by atoms with E-state index in [1.165, 1.54) is 17.0 Å². The van der Waals surface area contributed by atoms with Gasteiger partial charge in [0.1, 0.15) is 0 Å². The molecule has 0 radical (unpaired) electrons. The highest BCUT2D eigenvalue weighted by Gasteiger charge is 2.23. The first kappa shape index (κ1) is 15.2. The van der Waals surface area contributed by atoms with Gasteiger partial charge in [0.15, 0.2) is 0 Å². The van der Waals surface area contributed by atoms with Crippen LogP contribution < -0.4 is 10.6 Å². The van der Waals surface area contributed by atoms with Gasteiger partial charge in [-0.05, 0) is 30.2 Å². The molecule has 0 heterocycles. The molecule has 0 bridgehead atoms. The third-order valence-electron chi connectivity index (χ3n) is 3.37. The average Bonchev–Trinajstić information content (AvgIpc) is 2.44. The zero-order valence-corrected chi connectivity index (χ0v) is 11.5. The maximum Gasteiger partial charge on any atom is 0.335 e. The van der Waals surface area contributed by atoms with Crippen LogP contribution in [0.25, 0.3) is 0 Å². The summed E-state index contributed by atoms with van der Waals surface area (Å²) in [5.74, 6) is -1.05. The van der Waals surface area contributed by atoms with Gasteiger partial charge in [-0.15, -0.1) is 0 Å². The number of amides is 1. The summed E-state index contributed by atoms with van der Waals surface area (Å²) in [7, 11) is 1.64. The number of rotatable bonds is 5. The SMILES string of the molecule is CC[C@H](C)[C@H](N)C(=O)N(C)c1ccc(C(=O)O)cc1. The van der Waals surface area contributed by atoms with Crippen molar-refractivity contribution >= 4 is 17.6 Å². The maximum absolute atomic E-state index is 12.1. The van der Waals surface area contributed by atoms with E-state index in [0.717, 1.165) is 6.42 Å². The molecule has 0 fully saturated rings. The topological polar surface area (TPSA) is 83.6 Å². The molecule has 3 N–H and O–H groups in total. The van der Waals surface area contributed by atoms with E-state index in [0.29, 0.717) is 5.69 Å². The molecule has 1 aromatic rings. The lowest BCUT2D eigenvalue weighted by Crippen LogP contribution is -2.45. The zero-order valence-electron chi connectivity index (χ0n) is 11.5. The van der Waals surface area contributed by atoms with Crippen LogP contribution in [0, 0.1) is 5.92 Å². The van der Waals surface area contributed by atoms with Gasteiger partial charge >= 0.3 is 5.97 Å². The largest absolute Gasteiger partial charge is 0.478 e. The fourth-order valence-electron chi connectivity index (χ4n) is 1.68. The second-order valence-corrected chi connectivity index (χ2v) is 4.66. The smallest absolute Gasteiger partial charge is 0.335 e. The first-order chi connectivity index (χ1) is 8.88. The van der Waals surface area contributed by atoms with Gasteiger partial charge < -0.3 is 15.7 Å². The Labute approximate surface area is 113 Å². The Hall–Kier alpha value is -1.88. The molecule has 0 aliphatic rings. The van der Waals surface area contributed by atoms with Crippen LogP contribution >= 0.6 is 0 Å². The van der Waals surface area contributed by atoms with E-state index in [4.69, 9.17) is 10.8 Å². The standard InChI is InChI=1S/C14H20N2O3/c1-4-9(2)12(15)13(17)16(3)11-7-5-10(6-8-11)14(18)19/h5-9,12H,4,15H2,1-3H3,(H,18,19)/t9-,12-/m0/s1. The summed E-state index contributed by atoms with van der Waals surface area (Å²) < 4.78 is 0. The Morgan fingerprint density at radius 2 is 1.84 bits per heavy atom. The molecular weight excluding hydrogens is 244 g/mol. The highest BCUT2D eigenvalue weighted by molar-refractivity contribution is 5.97. The number of carbonyl (C=O) groups excluding carboxylic acids is 1. The second kappa shape index (κ2) is 6.33. The summed E-state index contributed by atoms with van der Waals surface area (Å²) in [6, 6.07) is 5.59. The average molecular weight is 264 g/mol. The lowest BCUT2D eigenvalue weighted by molar-refractivity contribution is -0.120. The summed E-state index contributed by atoms with van der Waals surface area (Å²) in [6.45, 7) is 3.92. The molecule has 19 heavy (non-hydrogen) atoms. The molecule has 1 amide bonds. The van der Waals surface area contributed by atoms with Crippen molar-refractivity contribution in [3.05, 3.63) is 29.8 Å². The third kappa shape index (κ3) is 3.54. The third-order valence-corrected chi connectivity index (χ3v) is 3.37. The number of nitrogens with zero attached hydrogens (tertiary/aromatic N) is 1. The molecule has 0 saturated carbocycles. The number of carboxylic acids is 1. The van der Waals surface area contributed by atoms with Crippen molar-refractivity contribution in [3.63, 3.8) is 0 Å². The van der Waals surface area contributed by atoms with E-state index < -0.39 is 12.0 Å². The van der Waals surface area contributed by atoms with Gasteiger partial charge in [-0.3, -0.25) is 4.79 Å². The fraction of sp³-hybridized carbons (Fsp3) is 0.429. The molecule has 5 heteroatoms. The van der Waals surface area contributed by atoms with Crippen LogP contribution in [0.1, 0.15) is 30.6 Å². The first-order valence-electron chi connectivity index (χ1n) is 6.25. The van der Waals surface area contributed by atoms with Gasteiger partial charge in [-0.25, -0.2) is 4.79 Å². The number of carbonyl (C=O) groups is 2. The predicted octanol–water partition coefficient (Wildman–Crippen LogP) is 1.72. The number of hydrogen-bond acceptors (Lipinski definition) is 3. The minimum atomic E-state index is -0.989. The summed E-state index contributed by atoms with van der Waals surface area (Å²) in [4.78, 5) is 24.4. The number of likely N-dealkylation sites (N-methyl/N-ethyl adjacent to an activating group) is 1. The number of benzene rings is 1. The molecule has 0 spiro atoms. The molecule has 0 aliphatic heterocycles. The van der Waals surface area contributed by atoms with Crippen molar-refractivity contribution in [1.29, 1.82) is 0 Å². The van der Waals surface area contributed by atoms with Crippen LogP contribution in [-0.2, 0) is 4.79 Å². The molecule has 5 nitrogen and oxygen atoms in total. The minimum absolute atomic E-state index is 0.105. The van der Waals surface area contributed by atoms with Gasteiger partial charge in [0.2, 0.25) is 5.91 Å². The number of aromatic carboxylic acids is 1. The highest BCUT2D eigenvalue weighted by atomic mass is 16.4. The van der Waals surface area contributed by atoms with Crippen molar-refractivity contribution in [2.45, 2.75) is 26.3 Å². The van der Waals surface area contributed by atoms with Crippen LogP contribution in [0.4, 0.5) is 5.69 Å². The van der Waals surface area contributed by atoms with E-state index in [9.17, 15) is 9.59 Å². The van der Waals surface area contributed by atoms with E-state index in [2.05, 4.69) is 0 Å². The van der Waals surface area contributed by atoms with Gasteiger partial charge in [0.25, 0.3) is 0 Å². The lowest BCUT2D eigenvalue weighted by Gasteiger charge is -2.24. The van der Waals surface area contributed by atoms with E-state index in [1.54, 1.807) is 19.2 Å². The Kier molecular flexibility index (Phi) is 5.06. The number of nitrogens with two attached hydrogens (primary N) is 1. The summed E-state index contributed by atoms with van der Waals surface area (Å²) in [6.07, 6.45) is 0.832. The fourth-order valence-corrected chi connectivity index (χ4v) is 1.68. The summed E-state index contributed by atoms with van der Waals surface area (Å²) >= 11 is 0. The molecule has 0 aliphatic carbocycles. The van der Waals surface area contributed by atoms with E-state index >= 15 is 0 Å². The Morgan fingerprint density at radius 3 is 2.26 bits per heavy atom. The summed E-state index contributed by atoms with van der Waals surface area (Å²) in [5, 5.41) is 8.82. The van der Waals surface area contributed by atoms with Crippen LogP contribution in [-0.4, -0.2) is 30.1 Å². The monoisotopic (exact) mass is 264 g/mol. The second-order valence-electron chi connectivity index (χ2n) is 4.66. The molecule has 1 rings (SSSR count). The predicted molar refractivity (Wildman–Crippen MR) is 74.2 cm³/mol. The first-order valence-corrected chi connectivity index (χ1v) is 6.25.